The van der Waals surface area contributed by atoms with Crippen molar-refractivity contribution in [2.45, 2.75) is 50.5 Å². The number of ether oxygens (including phenoxy) is 2. The number of pyridine rings is 1. The number of aromatic carboxylic acids is 1. The van der Waals surface area contributed by atoms with Gasteiger partial charge in [-0.2, -0.15) is 0 Å². The van der Waals surface area contributed by atoms with Gasteiger partial charge in [-0.05, 0) is 52.1 Å². The molecule has 8 nitrogen and oxygen atoms in total. The number of rotatable bonds is 10. The van der Waals surface area contributed by atoms with Crippen LogP contribution in [-0.2, 0) is 27.4 Å². The fraction of sp³-hybridized carbons (Fsp3) is 0.265. The van der Waals surface area contributed by atoms with E-state index in [0.29, 0.717) is 17.3 Å². The average Bonchev–Trinajstić information content (AvgIpc) is 3.03. The van der Waals surface area contributed by atoms with Crippen molar-refractivity contribution in [1.82, 2.24) is 10.3 Å². The van der Waals surface area contributed by atoms with E-state index >= 15 is 0 Å². The summed E-state index contributed by atoms with van der Waals surface area (Å²) < 4.78 is 13.2. The minimum Gasteiger partial charge on any atom is -0.478 e. The largest absolute Gasteiger partial charge is 0.478 e. The first kappa shape index (κ1) is 30.4. The Morgan fingerprint density at radius 2 is 1.65 bits per heavy atom. The van der Waals surface area contributed by atoms with Crippen LogP contribution in [0, 0.1) is 5.92 Å². The molecule has 3 aromatic carbocycles. The highest BCUT2D eigenvalue weighted by Gasteiger charge is 2.38. The van der Waals surface area contributed by atoms with Crippen LogP contribution in [0.4, 0.5) is 0 Å². The van der Waals surface area contributed by atoms with Crippen molar-refractivity contribution in [3.05, 3.63) is 119 Å². The molecule has 1 aromatic heterocycles. The molecule has 0 bridgehead atoms. The maximum absolute atomic E-state index is 11.8. The molecule has 0 spiro atoms. The van der Waals surface area contributed by atoms with E-state index in [0.717, 1.165) is 33.4 Å². The number of carbonyl (C=O) groups excluding carboxylic acids is 1. The Kier molecular flexibility index (Phi) is 9.89. The SMILES string of the molecule is CC(=O)NCc1cccc(-c2cccc(C3OC(CSc4ncccc4C(=O)O)C(C)C(c4ccc(CO)cc4)O3)c2)c1. The van der Waals surface area contributed by atoms with Crippen molar-refractivity contribution in [2.75, 3.05) is 5.75 Å². The van der Waals surface area contributed by atoms with Crippen molar-refractivity contribution in [3.8, 4) is 11.1 Å². The Labute approximate surface area is 255 Å². The molecular weight excluding hydrogens is 564 g/mol. The molecule has 4 unspecified atom stereocenters. The zero-order valence-corrected chi connectivity index (χ0v) is 24.8. The molecule has 1 saturated heterocycles. The lowest BCUT2D eigenvalue weighted by Crippen LogP contribution is -2.38. The first-order chi connectivity index (χ1) is 20.8. The van der Waals surface area contributed by atoms with Crippen molar-refractivity contribution >= 4 is 23.6 Å². The number of nitrogens with one attached hydrogen (secondary N) is 1. The summed E-state index contributed by atoms with van der Waals surface area (Å²) in [6.45, 7) is 3.98. The molecule has 4 atom stereocenters. The van der Waals surface area contributed by atoms with Gasteiger partial charge in [0.25, 0.3) is 0 Å². The van der Waals surface area contributed by atoms with Crippen LogP contribution in [0.15, 0.2) is 96.2 Å². The molecule has 222 valence electrons. The summed E-state index contributed by atoms with van der Waals surface area (Å²) >= 11 is 1.36. The second-order valence-corrected chi connectivity index (χ2v) is 11.5. The van der Waals surface area contributed by atoms with E-state index in [1.54, 1.807) is 18.3 Å². The summed E-state index contributed by atoms with van der Waals surface area (Å²) in [5.74, 6) is -0.679. The van der Waals surface area contributed by atoms with Crippen molar-refractivity contribution in [3.63, 3.8) is 0 Å². The predicted molar refractivity (Wildman–Crippen MR) is 164 cm³/mol. The third kappa shape index (κ3) is 7.50. The molecule has 3 N–H and O–H groups in total. The van der Waals surface area contributed by atoms with E-state index in [-0.39, 0.29) is 36.2 Å². The molecule has 0 aliphatic carbocycles. The molecule has 0 saturated carbocycles. The number of carbonyl (C=O) groups is 2. The fourth-order valence-electron chi connectivity index (χ4n) is 5.09. The van der Waals surface area contributed by atoms with Gasteiger partial charge in [0, 0.05) is 36.9 Å². The van der Waals surface area contributed by atoms with Crippen LogP contribution in [-0.4, -0.2) is 38.9 Å². The van der Waals surface area contributed by atoms with E-state index < -0.39 is 12.3 Å². The molecule has 0 radical (unpaired) electrons. The number of aliphatic hydroxyl groups excluding tert-OH is 1. The van der Waals surface area contributed by atoms with Gasteiger partial charge in [-0.1, -0.05) is 67.6 Å². The summed E-state index contributed by atoms with van der Waals surface area (Å²) in [4.78, 5) is 27.5. The van der Waals surface area contributed by atoms with Gasteiger partial charge in [-0.25, -0.2) is 9.78 Å². The molecule has 1 fully saturated rings. The van der Waals surface area contributed by atoms with Crippen molar-refractivity contribution in [1.29, 1.82) is 0 Å². The van der Waals surface area contributed by atoms with Gasteiger partial charge in [-0.3, -0.25) is 4.79 Å². The number of amides is 1. The average molecular weight is 599 g/mol. The second-order valence-electron chi connectivity index (χ2n) is 10.5. The van der Waals surface area contributed by atoms with Crippen LogP contribution in [0.3, 0.4) is 0 Å². The molecule has 9 heteroatoms. The summed E-state index contributed by atoms with van der Waals surface area (Å²) in [7, 11) is 0. The summed E-state index contributed by atoms with van der Waals surface area (Å²) in [5, 5.41) is 22.4. The Morgan fingerprint density at radius 3 is 2.37 bits per heavy atom. The summed E-state index contributed by atoms with van der Waals surface area (Å²) in [6.07, 6.45) is 0.340. The third-order valence-electron chi connectivity index (χ3n) is 7.47. The van der Waals surface area contributed by atoms with E-state index in [9.17, 15) is 19.8 Å². The van der Waals surface area contributed by atoms with E-state index in [1.807, 2.05) is 60.7 Å². The quantitative estimate of drug-likeness (QED) is 0.186. The third-order valence-corrected chi connectivity index (χ3v) is 8.56. The van der Waals surface area contributed by atoms with Crippen LogP contribution in [0.2, 0.25) is 0 Å². The second kappa shape index (κ2) is 14.0. The van der Waals surface area contributed by atoms with Crippen LogP contribution in [0.5, 0.6) is 0 Å². The maximum Gasteiger partial charge on any atom is 0.338 e. The smallest absolute Gasteiger partial charge is 0.338 e. The van der Waals surface area contributed by atoms with Gasteiger partial charge in [0.1, 0.15) is 5.03 Å². The Morgan fingerprint density at radius 1 is 0.907 bits per heavy atom. The highest BCUT2D eigenvalue weighted by atomic mass is 32.2. The number of aliphatic hydroxyl groups is 1. The van der Waals surface area contributed by atoms with Crippen molar-refractivity contribution < 1.29 is 29.3 Å². The summed E-state index contributed by atoms with van der Waals surface area (Å²) in [6, 6.07) is 26.9. The molecule has 1 aliphatic heterocycles. The van der Waals surface area contributed by atoms with E-state index in [2.05, 4.69) is 29.4 Å². The van der Waals surface area contributed by atoms with Crippen LogP contribution in [0.25, 0.3) is 11.1 Å². The summed E-state index contributed by atoms with van der Waals surface area (Å²) in [5.41, 5.74) is 5.79. The van der Waals surface area contributed by atoms with Gasteiger partial charge in [-0.15, -0.1) is 11.8 Å². The monoisotopic (exact) mass is 598 g/mol. The van der Waals surface area contributed by atoms with Crippen molar-refractivity contribution in [2.24, 2.45) is 5.92 Å². The molecule has 1 aliphatic rings. The predicted octanol–water partition coefficient (Wildman–Crippen LogP) is 6.16. The number of hydrogen-bond acceptors (Lipinski definition) is 7. The van der Waals surface area contributed by atoms with E-state index in [4.69, 9.17) is 9.47 Å². The Balaban J connectivity index is 1.43. The van der Waals surface area contributed by atoms with Crippen LogP contribution < -0.4 is 5.32 Å². The minimum atomic E-state index is -1.02. The zero-order chi connectivity index (χ0) is 30.3. The minimum absolute atomic E-state index is 0.0405. The normalized spacial score (nSPS) is 20.0. The number of thioether (sulfide) groups is 1. The number of carboxylic acid groups (broad SMARTS) is 1. The molecule has 2 heterocycles. The van der Waals surface area contributed by atoms with Gasteiger partial charge in [0.15, 0.2) is 6.29 Å². The number of hydrogen-bond donors (Lipinski definition) is 3. The fourth-order valence-corrected chi connectivity index (χ4v) is 6.24. The number of benzene rings is 3. The van der Waals surface area contributed by atoms with E-state index in [1.165, 1.54) is 18.7 Å². The van der Waals surface area contributed by atoms with Gasteiger partial charge >= 0.3 is 5.97 Å². The molecule has 1 amide bonds. The highest BCUT2D eigenvalue weighted by Crippen LogP contribution is 2.43. The molecule has 43 heavy (non-hydrogen) atoms. The number of carboxylic acids is 1. The van der Waals surface area contributed by atoms with Crippen LogP contribution in [0.1, 0.15) is 58.9 Å². The Hall–Kier alpha value is -4.02. The van der Waals surface area contributed by atoms with Gasteiger partial charge < -0.3 is 25.0 Å². The zero-order valence-electron chi connectivity index (χ0n) is 24.0. The first-order valence-electron chi connectivity index (χ1n) is 14.1. The lowest BCUT2D eigenvalue weighted by Gasteiger charge is -2.41. The standard InChI is InChI=1S/C34H34N2O6S/c1-21-30(20-43-32-29(33(39)40)10-5-15-35-32)41-34(42-31(21)25-13-11-23(19-37)12-14-25)28-9-4-8-27(17-28)26-7-3-6-24(16-26)18-36-22(2)38/h3-17,21,30-31,34,37H,18-20H2,1-2H3,(H,36,38)(H,39,40). The van der Waals surface area contributed by atoms with Gasteiger partial charge in [0.2, 0.25) is 5.91 Å². The number of aromatic nitrogens is 1. The van der Waals surface area contributed by atoms with Gasteiger partial charge in [0.05, 0.1) is 24.4 Å². The maximum atomic E-state index is 11.8. The first-order valence-corrected chi connectivity index (χ1v) is 15.1. The van der Waals surface area contributed by atoms with Crippen LogP contribution >= 0.6 is 11.8 Å². The highest BCUT2D eigenvalue weighted by molar-refractivity contribution is 7.99. The lowest BCUT2D eigenvalue weighted by molar-refractivity contribution is -0.268. The molecular formula is C34H34N2O6S. The molecule has 4 aromatic rings. The Bertz CT molecular complexity index is 1580. The number of nitrogens with zero attached hydrogens (tertiary/aromatic N) is 1. The topological polar surface area (TPSA) is 118 Å². The lowest BCUT2D eigenvalue weighted by atomic mass is 9.91. The molecule has 5 rings (SSSR count).